The fraction of sp³-hybridized carbons (Fsp3) is 0.316. The Morgan fingerprint density at radius 3 is 2.45 bits per heavy atom. The van der Waals surface area contributed by atoms with Crippen molar-refractivity contribution in [2.24, 2.45) is 5.73 Å². The van der Waals surface area contributed by atoms with Gasteiger partial charge in [-0.3, -0.25) is 4.79 Å². The van der Waals surface area contributed by atoms with Crippen LogP contribution in [-0.4, -0.2) is 12.5 Å². The fourth-order valence-electron chi connectivity index (χ4n) is 2.34. The van der Waals surface area contributed by atoms with Crippen LogP contribution < -0.4 is 11.1 Å². The number of benzene rings is 2. The Morgan fingerprint density at radius 1 is 1.09 bits per heavy atom. The van der Waals surface area contributed by atoms with Crippen molar-refractivity contribution in [1.29, 1.82) is 0 Å². The third kappa shape index (κ3) is 5.34. The van der Waals surface area contributed by atoms with E-state index in [9.17, 15) is 4.79 Å². The monoisotopic (exact) mass is 296 g/mol. The molecule has 1 atom stereocenters. The van der Waals surface area contributed by atoms with Gasteiger partial charge in [0.25, 0.3) is 0 Å². The summed E-state index contributed by atoms with van der Waals surface area (Å²) in [4.78, 5) is 11.9. The van der Waals surface area contributed by atoms with Gasteiger partial charge < -0.3 is 11.1 Å². The predicted molar refractivity (Wildman–Crippen MR) is 90.5 cm³/mol. The van der Waals surface area contributed by atoms with Gasteiger partial charge in [-0.25, -0.2) is 0 Å². The van der Waals surface area contributed by atoms with Gasteiger partial charge in [0.05, 0.1) is 0 Å². The van der Waals surface area contributed by atoms with Crippen molar-refractivity contribution in [3.63, 3.8) is 0 Å². The normalized spacial score (nSPS) is 11.9. The lowest BCUT2D eigenvalue weighted by Gasteiger charge is -2.13. The summed E-state index contributed by atoms with van der Waals surface area (Å²) in [5.74, 6) is 0.0680. The van der Waals surface area contributed by atoms with Gasteiger partial charge in [-0.1, -0.05) is 60.2 Å². The zero-order valence-corrected chi connectivity index (χ0v) is 13.1. The van der Waals surface area contributed by atoms with E-state index in [1.807, 2.05) is 30.3 Å². The number of carbonyl (C=O) groups excluding carboxylic acids is 1. The minimum Gasteiger partial charge on any atom is -0.354 e. The van der Waals surface area contributed by atoms with Gasteiger partial charge in [0.1, 0.15) is 0 Å². The van der Waals surface area contributed by atoms with Gasteiger partial charge in [0.2, 0.25) is 5.91 Å². The number of hydrogen-bond acceptors (Lipinski definition) is 2. The third-order valence-corrected chi connectivity index (χ3v) is 3.74. The zero-order valence-electron chi connectivity index (χ0n) is 13.1. The molecule has 1 amide bonds. The topological polar surface area (TPSA) is 55.1 Å². The molecule has 0 spiro atoms. The molecule has 0 radical (unpaired) electrons. The molecule has 0 saturated heterocycles. The smallest absolute Gasteiger partial charge is 0.220 e. The maximum absolute atomic E-state index is 11.9. The molecule has 0 heterocycles. The van der Waals surface area contributed by atoms with E-state index in [-0.39, 0.29) is 11.9 Å². The summed E-state index contributed by atoms with van der Waals surface area (Å²) in [6, 6.07) is 18.1. The average molecular weight is 296 g/mol. The van der Waals surface area contributed by atoms with E-state index in [4.69, 9.17) is 5.73 Å². The second-order valence-corrected chi connectivity index (χ2v) is 5.66. The van der Waals surface area contributed by atoms with E-state index in [1.54, 1.807) is 0 Å². The SMILES string of the molecule is Cc1ccc(CCCC(=O)NCC(N)c2ccccc2)cc1. The Morgan fingerprint density at radius 2 is 1.77 bits per heavy atom. The van der Waals surface area contributed by atoms with E-state index >= 15 is 0 Å². The molecule has 0 fully saturated rings. The molecule has 3 N–H and O–H groups in total. The van der Waals surface area contributed by atoms with Crippen LogP contribution in [-0.2, 0) is 11.2 Å². The van der Waals surface area contributed by atoms with E-state index in [0.29, 0.717) is 13.0 Å². The van der Waals surface area contributed by atoms with Gasteiger partial charge in [-0.05, 0) is 30.9 Å². The highest BCUT2D eigenvalue weighted by molar-refractivity contribution is 5.75. The standard InChI is InChI=1S/C19H24N2O/c1-15-10-12-16(13-11-15)6-5-9-19(22)21-14-18(20)17-7-3-2-4-8-17/h2-4,7-8,10-13,18H,5-6,9,14,20H2,1H3,(H,21,22). The fourth-order valence-corrected chi connectivity index (χ4v) is 2.34. The molecule has 22 heavy (non-hydrogen) atoms. The minimum atomic E-state index is -0.151. The molecule has 0 bridgehead atoms. The molecule has 2 aromatic carbocycles. The van der Waals surface area contributed by atoms with Gasteiger partial charge in [0.15, 0.2) is 0 Å². The van der Waals surface area contributed by atoms with Crippen LogP contribution in [0.5, 0.6) is 0 Å². The lowest BCUT2D eigenvalue weighted by Crippen LogP contribution is -2.31. The number of nitrogens with two attached hydrogens (primary N) is 1. The van der Waals surface area contributed by atoms with Crippen molar-refractivity contribution >= 4 is 5.91 Å². The number of aryl methyl sites for hydroxylation is 2. The molecule has 0 saturated carbocycles. The van der Waals surface area contributed by atoms with Crippen LogP contribution in [0.4, 0.5) is 0 Å². The molecule has 0 aromatic heterocycles. The number of amides is 1. The quantitative estimate of drug-likeness (QED) is 0.824. The van der Waals surface area contributed by atoms with E-state index in [0.717, 1.165) is 18.4 Å². The number of carbonyl (C=O) groups is 1. The Bertz CT molecular complexity index is 578. The summed E-state index contributed by atoms with van der Waals surface area (Å²) >= 11 is 0. The minimum absolute atomic E-state index is 0.0680. The Labute approximate surface area is 132 Å². The zero-order chi connectivity index (χ0) is 15.8. The Hall–Kier alpha value is -2.13. The van der Waals surface area contributed by atoms with Crippen molar-refractivity contribution < 1.29 is 4.79 Å². The molecule has 2 rings (SSSR count). The largest absolute Gasteiger partial charge is 0.354 e. The van der Waals surface area contributed by atoms with E-state index in [1.165, 1.54) is 11.1 Å². The number of nitrogens with one attached hydrogen (secondary N) is 1. The first kappa shape index (κ1) is 16.2. The predicted octanol–water partition coefficient (Wildman–Crippen LogP) is 3.13. The third-order valence-electron chi connectivity index (χ3n) is 3.74. The molecule has 116 valence electrons. The molecule has 0 aliphatic rings. The van der Waals surface area contributed by atoms with Crippen LogP contribution in [0.2, 0.25) is 0 Å². The Kier molecular flexibility index (Phi) is 6.16. The summed E-state index contributed by atoms with van der Waals surface area (Å²) in [7, 11) is 0. The van der Waals surface area contributed by atoms with Crippen molar-refractivity contribution in [2.45, 2.75) is 32.2 Å². The molecular formula is C19H24N2O. The van der Waals surface area contributed by atoms with Crippen LogP contribution in [0.25, 0.3) is 0 Å². The number of rotatable bonds is 7. The summed E-state index contributed by atoms with van der Waals surface area (Å²) in [6.07, 6.45) is 2.32. The molecule has 0 aliphatic carbocycles. The van der Waals surface area contributed by atoms with Crippen LogP contribution in [0.1, 0.15) is 35.6 Å². The number of hydrogen-bond donors (Lipinski definition) is 2. The van der Waals surface area contributed by atoms with E-state index in [2.05, 4.69) is 36.5 Å². The van der Waals surface area contributed by atoms with E-state index < -0.39 is 0 Å². The summed E-state index contributed by atoms with van der Waals surface area (Å²) in [6.45, 7) is 2.56. The van der Waals surface area contributed by atoms with Gasteiger partial charge in [-0.15, -0.1) is 0 Å². The summed E-state index contributed by atoms with van der Waals surface area (Å²) < 4.78 is 0. The average Bonchev–Trinajstić information content (AvgIpc) is 2.55. The molecule has 0 aliphatic heterocycles. The lowest BCUT2D eigenvalue weighted by atomic mass is 10.1. The van der Waals surface area contributed by atoms with Gasteiger partial charge in [-0.2, -0.15) is 0 Å². The van der Waals surface area contributed by atoms with Crippen LogP contribution >= 0.6 is 0 Å². The molecule has 2 aromatic rings. The first-order chi connectivity index (χ1) is 10.6. The van der Waals surface area contributed by atoms with Crippen LogP contribution in [0.15, 0.2) is 54.6 Å². The Balaban J connectivity index is 1.66. The first-order valence-electron chi connectivity index (χ1n) is 7.78. The first-order valence-corrected chi connectivity index (χ1v) is 7.78. The van der Waals surface area contributed by atoms with Crippen molar-refractivity contribution in [3.05, 3.63) is 71.3 Å². The maximum Gasteiger partial charge on any atom is 0.220 e. The molecule has 3 nitrogen and oxygen atoms in total. The molecular weight excluding hydrogens is 272 g/mol. The molecule has 1 unspecified atom stereocenters. The highest BCUT2D eigenvalue weighted by Crippen LogP contribution is 2.09. The van der Waals surface area contributed by atoms with Gasteiger partial charge in [0, 0.05) is 19.0 Å². The highest BCUT2D eigenvalue weighted by atomic mass is 16.1. The van der Waals surface area contributed by atoms with Crippen LogP contribution in [0, 0.1) is 6.92 Å². The second kappa shape index (κ2) is 8.35. The molecule has 3 heteroatoms. The highest BCUT2D eigenvalue weighted by Gasteiger charge is 2.07. The summed E-state index contributed by atoms with van der Waals surface area (Å²) in [5, 5.41) is 2.91. The maximum atomic E-state index is 11.9. The van der Waals surface area contributed by atoms with Crippen molar-refractivity contribution in [2.75, 3.05) is 6.54 Å². The lowest BCUT2D eigenvalue weighted by molar-refractivity contribution is -0.121. The van der Waals surface area contributed by atoms with Crippen molar-refractivity contribution in [1.82, 2.24) is 5.32 Å². The second-order valence-electron chi connectivity index (χ2n) is 5.66. The van der Waals surface area contributed by atoms with Gasteiger partial charge >= 0.3 is 0 Å². The van der Waals surface area contributed by atoms with Crippen molar-refractivity contribution in [3.8, 4) is 0 Å². The van der Waals surface area contributed by atoms with Crippen LogP contribution in [0.3, 0.4) is 0 Å². The summed E-state index contributed by atoms with van der Waals surface area (Å²) in [5.41, 5.74) is 9.64.